The number of imide groups is 1. The van der Waals surface area contributed by atoms with Crippen molar-refractivity contribution in [3.05, 3.63) is 88.6 Å². The van der Waals surface area contributed by atoms with Crippen molar-refractivity contribution in [1.29, 1.82) is 0 Å². The van der Waals surface area contributed by atoms with Crippen LogP contribution in [0, 0.1) is 11.8 Å². The lowest BCUT2D eigenvalue weighted by Crippen LogP contribution is -2.46. The molecule has 4 heterocycles. The molecule has 0 radical (unpaired) electrons. The molecule has 4 unspecified atom stereocenters. The molecular formula is C30H24ClN3O6. The van der Waals surface area contributed by atoms with Crippen LogP contribution in [-0.4, -0.2) is 47.5 Å². The quantitative estimate of drug-likeness (QED) is 0.469. The van der Waals surface area contributed by atoms with Crippen LogP contribution in [0.25, 0.3) is 6.08 Å². The maximum Gasteiger partial charge on any atom is 0.248 e. The highest BCUT2D eigenvalue weighted by atomic mass is 35.5. The Labute approximate surface area is 234 Å². The van der Waals surface area contributed by atoms with Gasteiger partial charge in [-0.1, -0.05) is 41.9 Å². The summed E-state index contributed by atoms with van der Waals surface area (Å²) in [5.41, 5.74) is 2.98. The molecule has 0 bridgehead atoms. The van der Waals surface area contributed by atoms with Gasteiger partial charge in [-0.25, -0.2) is 0 Å². The monoisotopic (exact) mass is 557 g/mol. The van der Waals surface area contributed by atoms with E-state index in [1.807, 2.05) is 47.5 Å². The van der Waals surface area contributed by atoms with Crippen LogP contribution in [0.4, 0.5) is 5.69 Å². The van der Waals surface area contributed by atoms with Gasteiger partial charge in [0, 0.05) is 11.2 Å². The number of nitrogens with one attached hydrogen (secondary N) is 1. The van der Waals surface area contributed by atoms with Gasteiger partial charge in [-0.05, 0) is 53.1 Å². The van der Waals surface area contributed by atoms with Gasteiger partial charge < -0.3 is 24.4 Å². The number of halogens is 1. The smallest absolute Gasteiger partial charge is 0.248 e. The molecule has 4 aliphatic heterocycles. The fraction of sp³-hybridized carbons (Fsp3) is 0.233. The number of carbonyl (C=O) groups is 3. The molecule has 0 spiro atoms. The summed E-state index contributed by atoms with van der Waals surface area (Å²) in [5, 5.41) is 3.33. The predicted octanol–water partition coefficient (Wildman–Crippen LogP) is 4.23. The van der Waals surface area contributed by atoms with Gasteiger partial charge in [0.25, 0.3) is 0 Å². The third-order valence-corrected chi connectivity index (χ3v) is 8.25. The molecule has 3 amide bonds. The summed E-state index contributed by atoms with van der Waals surface area (Å²) in [6, 6.07) is 16.6. The average Bonchev–Trinajstić information content (AvgIpc) is 3.63. The fourth-order valence-electron chi connectivity index (χ4n) is 6.28. The van der Waals surface area contributed by atoms with Crippen molar-refractivity contribution >= 4 is 41.1 Å². The van der Waals surface area contributed by atoms with Crippen molar-refractivity contribution in [3.8, 4) is 17.2 Å². The van der Waals surface area contributed by atoms with Gasteiger partial charge in [0.1, 0.15) is 11.8 Å². The zero-order valence-corrected chi connectivity index (χ0v) is 22.1. The van der Waals surface area contributed by atoms with E-state index in [9.17, 15) is 14.4 Å². The Morgan fingerprint density at radius 2 is 1.82 bits per heavy atom. The molecule has 0 aliphatic carbocycles. The number of ether oxygens (including phenoxy) is 3. The van der Waals surface area contributed by atoms with Crippen molar-refractivity contribution in [2.75, 3.05) is 19.2 Å². The van der Waals surface area contributed by atoms with Crippen molar-refractivity contribution in [1.82, 2.24) is 9.80 Å². The van der Waals surface area contributed by atoms with E-state index in [1.165, 1.54) is 12.0 Å². The first kappa shape index (κ1) is 24.5. The summed E-state index contributed by atoms with van der Waals surface area (Å²) < 4.78 is 16.3. The molecule has 0 saturated carbocycles. The maximum absolute atomic E-state index is 14.0. The minimum Gasteiger partial charge on any atom is -0.495 e. The molecule has 40 heavy (non-hydrogen) atoms. The van der Waals surface area contributed by atoms with E-state index in [0.717, 1.165) is 16.7 Å². The van der Waals surface area contributed by atoms with Crippen LogP contribution in [0.3, 0.4) is 0 Å². The number of anilines is 1. The van der Waals surface area contributed by atoms with E-state index in [-0.39, 0.29) is 25.2 Å². The molecule has 3 aromatic rings. The summed E-state index contributed by atoms with van der Waals surface area (Å²) in [5.74, 6) is -1.10. The normalized spacial score (nSPS) is 23.6. The number of hydrogen-bond donors (Lipinski definition) is 1. The maximum atomic E-state index is 14.0. The summed E-state index contributed by atoms with van der Waals surface area (Å²) in [6.07, 6.45) is 3.72. The minimum atomic E-state index is -0.929. The second kappa shape index (κ2) is 9.31. The van der Waals surface area contributed by atoms with Gasteiger partial charge in [0.15, 0.2) is 11.5 Å². The highest BCUT2D eigenvalue weighted by Crippen LogP contribution is 2.53. The van der Waals surface area contributed by atoms with Crippen LogP contribution < -0.4 is 19.5 Å². The lowest BCUT2D eigenvalue weighted by atomic mass is 9.84. The zero-order valence-electron chi connectivity index (χ0n) is 21.4. The SMILES string of the molecule is COc1ccc(Cl)cc1NC(=O)C1C2C(=O)N(Cc3ccc4c(c3)OCO4)C(=O)C2C2c3ccccc3C=CN12. The van der Waals surface area contributed by atoms with Crippen LogP contribution in [0.15, 0.2) is 66.9 Å². The summed E-state index contributed by atoms with van der Waals surface area (Å²) >= 11 is 6.20. The molecule has 7 rings (SSSR count). The number of amides is 3. The molecule has 202 valence electrons. The first-order valence-electron chi connectivity index (χ1n) is 12.9. The van der Waals surface area contributed by atoms with E-state index in [2.05, 4.69) is 5.32 Å². The van der Waals surface area contributed by atoms with E-state index in [1.54, 1.807) is 30.3 Å². The Kier molecular flexibility index (Phi) is 5.71. The highest BCUT2D eigenvalue weighted by Gasteiger charge is 2.64. The first-order valence-corrected chi connectivity index (χ1v) is 13.2. The standard InChI is InChI=1S/C30H24ClN3O6/c1-38-21-9-7-18(31)13-20(21)32-28(35)27-25-24(26-19-5-3-2-4-17(19)10-11-33(26)27)29(36)34(30(25)37)14-16-6-8-22-23(12-16)40-15-39-22/h2-13,24-27H,14-15H2,1H3,(H,32,35). The molecule has 4 aliphatic rings. The highest BCUT2D eigenvalue weighted by molar-refractivity contribution is 6.31. The fourth-order valence-corrected chi connectivity index (χ4v) is 6.45. The third kappa shape index (κ3) is 3.72. The number of carbonyl (C=O) groups excluding carboxylic acids is 3. The molecule has 0 aromatic heterocycles. The zero-order chi connectivity index (χ0) is 27.5. The van der Waals surface area contributed by atoms with E-state index in [4.69, 9.17) is 25.8 Å². The first-order chi connectivity index (χ1) is 19.4. The molecule has 4 atom stereocenters. The van der Waals surface area contributed by atoms with Crippen LogP contribution in [0.2, 0.25) is 5.02 Å². The second-order valence-electron chi connectivity index (χ2n) is 10.1. The van der Waals surface area contributed by atoms with Crippen molar-refractivity contribution in [2.45, 2.75) is 18.6 Å². The number of hydrogen-bond acceptors (Lipinski definition) is 7. The Hall–Kier alpha value is -4.50. The summed E-state index contributed by atoms with van der Waals surface area (Å²) in [6.45, 7) is 0.200. The number of rotatable bonds is 5. The van der Waals surface area contributed by atoms with Gasteiger partial charge in [0.05, 0.1) is 37.2 Å². The van der Waals surface area contributed by atoms with Crippen LogP contribution in [0.5, 0.6) is 17.2 Å². The topological polar surface area (TPSA) is 97.4 Å². The molecule has 2 fully saturated rings. The van der Waals surface area contributed by atoms with Gasteiger partial charge >= 0.3 is 0 Å². The molecule has 2 saturated heterocycles. The number of benzene rings is 3. The minimum absolute atomic E-state index is 0.0714. The molecule has 1 N–H and O–H groups in total. The number of nitrogens with zero attached hydrogens (tertiary/aromatic N) is 2. The molecular weight excluding hydrogens is 534 g/mol. The Balaban J connectivity index is 1.26. The van der Waals surface area contributed by atoms with Crippen LogP contribution >= 0.6 is 11.6 Å². The van der Waals surface area contributed by atoms with Gasteiger partial charge in [-0.15, -0.1) is 0 Å². The van der Waals surface area contributed by atoms with Gasteiger partial charge in [-0.3, -0.25) is 19.3 Å². The molecule has 9 nitrogen and oxygen atoms in total. The largest absolute Gasteiger partial charge is 0.495 e. The van der Waals surface area contributed by atoms with Crippen LogP contribution in [0.1, 0.15) is 22.7 Å². The predicted molar refractivity (Wildman–Crippen MR) is 146 cm³/mol. The van der Waals surface area contributed by atoms with Crippen molar-refractivity contribution < 1.29 is 28.6 Å². The van der Waals surface area contributed by atoms with Gasteiger partial charge in [-0.2, -0.15) is 0 Å². The van der Waals surface area contributed by atoms with E-state index < -0.39 is 29.8 Å². The second-order valence-corrected chi connectivity index (χ2v) is 10.6. The third-order valence-electron chi connectivity index (χ3n) is 8.02. The Bertz CT molecular complexity index is 1610. The van der Waals surface area contributed by atoms with E-state index in [0.29, 0.717) is 28.0 Å². The Morgan fingerprint density at radius 1 is 1.02 bits per heavy atom. The number of fused-ring (bicyclic) bond motifs is 6. The van der Waals surface area contributed by atoms with Crippen LogP contribution in [-0.2, 0) is 20.9 Å². The summed E-state index contributed by atoms with van der Waals surface area (Å²) in [4.78, 5) is 45.1. The van der Waals surface area contributed by atoms with Crippen molar-refractivity contribution in [2.24, 2.45) is 11.8 Å². The lowest BCUT2D eigenvalue weighted by molar-refractivity contribution is -0.143. The molecule has 3 aromatic carbocycles. The number of methoxy groups -OCH3 is 1. The lowest BCUT2D eigenvalue weighted by Gasteiger charge is -2.35. The average molecular weight is 558 g/mol. The van der Waals surface area contributed by atoms with Crippen molar-refractivity contribution in [3.63, 3.8) is 0 Å². The number of likely N-dealkylation sites (tertiary alicyclic amines) is 1. The van der Waals surface area contributed by atoms with Gasteiger partial charge in [0.2, 0.25) is 24.5 Å². The summed E-state index contributed by atoms with van der Waals surface area (Å²) in [7, 11) is 1.50. The Morgan fingerprint density at radius 3 is 2.67 bits per heavy atom. The van der Waals surface area contributed by atoms with E-state index >= 15 is 0 Å². The molecule has 10 heteroatoms.